The second kappa shape index (κ2) is 4.50. The molecule has 0 unspecified atom stereocenters. The van der Waals surface area contributed by atoms with Gasteiger partial charge in [0.25, 0.3) is 0 Å². The van der Waals surface area contributed by atoms with E-state index in [9.17, 15) is 0 Å². The molecular formula is C14H10NO. The molecule has 0 saturated heterocycles. The van der Waals surface area contributed by atoms with Gasteiger partial charge in [-0.3, -0.25) is 0 Å². The van der Waals surface area contributed by atoms with Gasteiger partial charge in [0.2, 0.25) is 0 Å². The van der Waals surface area contributed by atoms with E-state index in [1.54, 1.807) is 7.11 Å². The first kappa shape index (κ1) is 10.3. The van der Waals surface area contributed by atoms with Crippen LogP contribution in [-0.4, -0.2) is 7.11 Å². The molecule has 2 rings (SSSR count). The number of nitriles is 1. The van der Waals surface area contributed by atoms with Crippen LogP contribution in [0.1, 0.15) is 5.56 Å². The Bertz CT molecular complexity index is 526. The van der Waals surface area contributed by atoms with E-state index in [4.69, 9.17) is 10.00 Å². The third kappa shape index (κ3) is 1.89. The van der Waals surface area contributed by atoms with Gasteiger partial charge >= 0.3 is 0 Å². The summed E-state index contributed by atoms with van der Waals surface area (Å²) in [5.41, 5.74) is 2.62. The number of methoxy groups -OCH3 is 1. The molecule has 0 N–H and O–H groups in total. The van der Waals surface area contributed by atoms with Crippen molar-refractivity contribution in [3.8, 4) is 22.9 Å². The van der Waals surface area contributed by atoms with Crippen molar-refractivity contribution in [2.75, 3.05) is 7.11 Å². The lowest BCUT2D eigenvalue weighted by atomic mass is 10.0. The van der Waals surface area contributed by atoms with E-state index in [1.165, 1.54) is 0 Å². The van der Waals surface area contributed by atoms with E-state index < -0.39 is 0 Å². The van der Waals surface area contributed by atoms with Crippen LogP contribution in [0.4, 0.5) is 0 Å². The minimum atomic E-state index is 0.549. The Morgan fingerprint density at radius 1 is 1.12 bits per heavy atom. The number of hydrogen-bond donors (Lipinski definition) is 0. The SMILES string of the molecule is COc1ccc(-c2cc[c]cc2)cc1C#N. The zero-order valence-electron chi connectivity index (χ0n) is 8.90. The first-order valence-electron chi connectivity index (χ1n) is 4.90. The average Bonchev–Trinajstić information content (AvgIpc) is 2.39. The van der Waals surface area contributed by atoms with E-state index >= 15 is 0 Å². The smallest absolute Gasteiger partial charge is 0.136 e. The molecule has 0 saturated carbocycles. The maximum atomic E-state index is 8.98. The highest BCUT2D eigenvalue weighted by molar-refractivity contribution is 5.67. The molecular weight excluding hydrogens is 198 g/mol. The normalized spacial score (nSPS) is 9.50. The summed E-state index contributed by atoms with van der Waals surface area (Å²) in [6, 6.07) is 18.3. The zero-order valence-corrected chi connectivity index (χ0v) is 8.90. The molecule has 16 heavy (non-hydrogen) atoms. The third-order valence-electron chi connectivity index (χ3n) is 2.37. The topological polar surface area (TPSA) is 33.0 Å². The lowest BCUT2D eigenvalue weighted by Gasteiger charge is -2.05. The van der Waals surface area contributed by atoms with Gasteiger partial charge in [0.15, 0.2) is 0 Å². The molecule has 0 amide bonds. The van der Waals surface area contributed by atoms with Crippen molar-refractivity contribution >= 4 is 0 Å². The lowest BCUT2D eigenvalue weighted by Crippen LogP contribution is -1.88. The van der Waals surface area contributed by atoms with Gasteiger partial charge in [0.05, 0.1) is 12.7 Å². The van der Waals surface area contributed by atoms with Gasteiger partial charge in [-0.2, -0.15) is 5.26 Å². The van der Waals surface area contributed by atoms with Gasteiger partial charge in [-0.1, -0.05) is 30.3 Å². The lowest BCUT2D eigenvalue weighted by molar-refractivity contribution is 0.413. The van der Waals surface area contributed by atoms with Crippen molar-refractivity contribution in [2.24, 2.45) is 0 Å². The number of benzene rings is 2. The van der Waals surface area contributed by atoms with Gasteiger partial charge in [0, 0.05) is 0 Å². The van der Waals surface area contributed by atoms with Crippen LogP contribution in [-0.2, 0) is 0 Å². The summed E-state index contributed by atoms with van der Waals surface area (Å²) in [6.45, 7) is 0. The average molecular weight is 208 g/mol. The van der Waals surface area contributed by atoms with Crippen LogP contribution in [0.2, 0.25) is 0 Å². The molecule has 0 aromatic heterocycles. The molecule has 2 aromatic rings. The Balaban J connectivity index is 2.49. The number of nitrogens with zero attached hydrogens (tertiary/aromatic N) is 1. The van der Waals surface area contributed by atoms with E-state index in [1.807, 2.05) is 42.5 Å². The first-order chi connectivity index (χ1) is 7.85. The minimum absolute atomic E-state index is 0.549. The first-order valence-corrected chi connectivity index (χ1v) is 4.90. The Hall–Kier alpha value is -2.27. The fourth-order valence-electron chi connectivity index (χ4n) is 1.55. The highest BCUT2D eigenvalue weighted by atomic mass is 16.5. The van der Waals surface area contributed by atoms with Gasteiger partial charge in [-0.15, -0.1) is 0 Å². The fraction of sp³-hybridized carbons (Fsp3) is 0.0714. The highest BCUT2D eigenvalue weighted by Crippen LogP contribution is 2.25. The van der Waals surface area contributed by atoms with Crippen LogP contribution in [0.25, 0.3) is 11.1 Å². The van der Waals surface area contributed by atoms with Crippen molar-refractivity contribution < 1.29 is 4.74 Å². The molecule has 1 radical (unpaired) electrons. The maximum absolute atomic E-state index is 8.98. The van der Waals surface area contributed by atoms with Gasteiger partial charge in [-0.25, -0.2) is 0 Å². The second-order valence-corrected chi connectivity index (χ2v) is 3.32. The second-order valence-electron chi connectivity index (χ2n) is 3.32. The predicted octanol–water partition coefficient (Wildman–Crippen LogP) is 3.03. The fourth-order valence-corrected chi connectivity index (χ4v) is 1.55. The van der Waals surface area contributed by atoms with Crippen molar-refractivity contribution in [1.82, 2.24) is 0 Å². The van der Waals surface area contributed by atoms with Gasteiger partial charge < -0.3 is 4.74 Å². The molecule has 0 fully saturated rings. The predicted molar refractivity (Wildman–Crippen MR) is 62.0 cm³/mol. The van der Waals surface area contributed by atoms with Crippen LogP contribution in [0.3, 0.4) is 0 Å². The molecule has 2 heteroatoms. The summed E-state index contributed by atoms with van der Waals surface area (Å²) >= 11 is 0. The molecule has 0 atom stereocenters. The van der Waals surface area contributed by atoms with Gasteiger partial charge in [-0.05, 0) is 29.3 Å². The standard InChI is InChI=1S/C14H10NO/c1-16-14-8-7-12(9-13(14)10-15)11-5-3-2-4-6-11/h3-9H,1H3. The molecule has 0 bridgehead atoms. The largest absolute Gasteiger partial charge is 0.495 e. The van der Waals surface area contributed by atoms with Crippen LogP contribution in [0.5, 0.6) is 5.75 Å². The summed E-state index contributed by atoms with van der Waals surface area (Å²) in [5, 5.41) is 8.98. The Morgan fingerprint density at radius 2 is 1.88 bits per heavy atom. The summed E-state index contributed by atoms with van der Waals surface area (Å²) < 4.78 is 5.10. The van der Waals surface area contributed by atoms with E-state index in [2.05, 4.69) is 12.1 Å². The van der Waals surface area contributed by atoms with Crippen LogP contribution in [0, 0.1) is 17.4 Å². The molecule has 0 spiro atoms. The molecule has 0 heterocycles. The van der Waals surface area contributed by atoms with Crippen molar-refractivity contribution in [3.05, 3.63) is 54.1 Å². The Morgan fingerprint density at radius 3 is 2.50 bits per heavy atom. The van der Waals surface area contributed by atoms with Crippen molar-refractivity contribution in [2.45, 2.75) is 0 Å². The molecule has 0 aliphatic rings. The number of hydrogen-bond acceptors (Lipinski definition) is 2. The molecule has 2 aromatic carbocycles. The summed E-state index contributed by atoms with van der Waals surface area (Å²) in [4.78, 5) is 0. The minimum Gasteiger partial charge on any atom is -0.495 e. The van der Waals surface area contributed by atoms with Crippen molar-refractivity contribution in [1.29, 1.82) is 5.26 Å². The zero-order chi connectivity index (χ0) is 11.4. The summed E-state index contributed by atoms with van der Waals surface area (Å²) in [5.74, 6) is 0.605. The van der Waals surface area contributed by atoms with Crippen LogP contribution in [0.15, 0.2) is 42.5 Å². The van der Waals surface area contributed by atoms with E-state index in [-0.39, 0.29) is 0 Å². The Labute approximate surface area is 94.7 Å². The van der Waals surface area contributed by atoms with Crippen LogP contribution < -0.4 is 4.74 Å². The molecule has 0 aliphatic carbocycles. The monoisotopic (exact) mass is 208 g/mol. The number of ether oxygens (including phenoxy) is 1. The van der Waals surface area contributed by atoms with E-state index in [0.29, 0.717) is 11.3 Å². The summed E-state index contributed by atoms with van der Waals surface area (Å²) in [6.07, 6.45) is 0. The quantitative estimate of drug-likeness (QED) is 0.760. The number of rotatable bonds is 2. The Kier molecular flexibility index (Phi) is 2.88. The maximum Gasteiger partial charge on any atom is 0.136 e. The highest BCUT2D eigenvalue weighted by Gasteiger charge is 2.04. The summed E-state index contributed by atoms with van der Waals surface area (Å²) in [7, 11) is 1.56. The van der Waals surface area contributed by atoms with Gasteiger partial charge in [0.1, 0.15) is 11.8 Å². The molecule has 0 aliphatic heterocycles. The molecule has 77 valence electrons. The third-order valence-corrected chi connectivity index (χ3v) is 2.37. The van der Waals surface area contributed by atoms with Crippen LogP contribution >= 0.6 is 0 Å². The molecule has 2 nitrogen and oxygen atoms in total. The van der Waals surface area contributed by atoms with Crippen molar-refractivity contribution in [3.63, 3.8) is 0 Å². The van der Waals surface area contributed by atoms with E-state index in [0.717, 1.165) is 11.1 Å².